The van der Waals surface area contributed by atoms with Gasteiger partial charge in [0, 0.05) is 31.1 Å². The molecule has 17 heavy (non-hydrogen) atoms. The maximum Gasteiger partial charge on any atom is 0.500 e. The molecule has 0 aliphatic carbocycles. The van der Waals surface area contributed by atoms with Crippen LogP contribution >= 0.6 is 11.8 Å². The number of hydrogen-bond acceptors (Lipinski definition) is 5. The van der Waals surface area contributed by atoms with Gasteiger partial charge in [-0.05, 0) is 39.0 Å². The Kier molecular flexibility index (Phi) is 9.88. The van der Waals surface area contributed by atoms with E-state index < -0.39 is 8.80 Å². The van der Waals surface area contributed by atoms with E-state index in [0.29, 0.717) is 19.8 Å². The third-order valence-corrected chi connectivity index (χ3v) is 6.03. The Labute approximate surface area is 110 Å². The zero-order chi connectivity index (χ0) is 13.1. The molecule has 0 N–H and O–H groups in total. The summed E-state index contributed by atoms with van der Waals surface area (Å²) in [6.45, 7) is 9.70. The summed E-state index contributed by atoms with van der Waals surface area (Å²) in [5.74, 6) is 0. The summed E-state index contributed by atoms with van der Waals surface area (Å²) in [6.07, 6.45) is 0.879. The molecule has 0 aromatic heterocycles. The monoisotopic (exact) mass is 277 g/mol. The van der Waals surface area contributed by atoms with Gasteiger partial charge in [0.25, 0.3) is 0 Å². The van der Waals surface area contributed by atoms with Gasteiger partial charge in [-0.2, -0.15) is 5.26 Å². The van der Waals surface area contributed by atoms with Crippen LogP contribution in [0.4, 0.5) is 0 Å². The third kappa shape index (κ3) is 7.06. The lowest BCUT2D eigenvalue weighted by Crippen LogP contribution is -2.46. The summed E-state index contributed by atoms with van der Waals surface area (Å²) in [7, 11) is -2.51. The van der Waals surface area contributed by atoms with Gasteiger partial charge < -0.3 is 13.3 Å². The first kappa shape index (κ1) is 16.9. The minimum Gasteiger partial charge on any atom is -0.374 e. The highest BCUT2D eigenvalue weighted by Crippen LogP contribution is 2.23. The van der Waals surface area contributed by atoms with Gasteiger partial charge in [0.05, 0.1) is 0 Å². The van der Waals surface area contributed by atoms with Crippen LogP contribution in [-0.4, -0.2) is 33.9 Å². The van der Waals surface area contributed by atoms with Crippen LogP contribution in [0.1, 0.15) is 34.1 Å². The molecule has 0 aromatic carbocycles. The first-order valence-corrected chi connectivity index (χ1v) is 8.91. The maximum atomic E-state index is 8.61. The number of nitrogens with zero attached hydrogens (tertiary/aromatic N) is 1. The van der Waals surface area contributed by atoms with Crippen molar-refractivity contribution in [1.82, 2.24) is 0 Å². The van der Waals surface area contributed by atoms with Crippen molar-refractivity contribution in [3.8, 4) is 5.40 Å². The fourth-order valence-electron chi connectivity index (χ4n) is 1.53. The Morgan fingerprint density at radius 1 is 1.12 bits per heavy atom. The molecule has 0 aromatic rings. The van der Waals surface area contributed by atoms with Gasteiger partial charge in [-0.25, -0.2) is 0 Å². The summed E-state index contributed by atoms with van der Waals surface area (Å²) in [5, 5.41) is 11.0. The second-order valence-electron chi connectivity index (χ2n) is 3.54. The van der Waals surface area contributed by atoms with E-state index in [0.717, 1.165) is 12.5 Å². The van der Waals surface area contributed by atoms with Crippen LogP contribution in [0.15, 0.2) is 0 Å². The first-order valence-electron chi connectivity index (χ1n) is 6.10. The van der Waals surface area contributed by atoms with E-state index >= 15 is 0 Å². The Balaban J connectivity index is 4.38. The molecule has 0 saturated carbocycles. The number of nitriles is 1. The van der Waals surface area contributed by atoms with Gasteiger partial charge in [-0.1, -0.05) is 6.92 Å². The van der Waals surface area contributed by atoms with Gasteiger partial charge in [0.15, 0.2) is 0 Å². The molecule has 0 amide bonds. The van der Waals surface area contributed by atoms with Crippen LogP contribution in [0.5, 0.6) is 0 Å². The van der Waals surface area contributed by atoms with Gasteiger partial charge in [-0.3, -0.25) is 0 Å². The van der Waals surface area contributed by atoms with Crippen LogP contribution < -0.4 is 0 Å². The van der Waals surface area contributed by atoms with E-state index in [1.54, 1.807) is 0 Å². The quantitative estimate of drug-likeness (QED) is 0.454. The van der Waals surface area contributed by atoms with Crippen molar-refractivity contribution in [3.63, 3.8) is 0 Å². The smallest absolute Gasteiger partial charge is 0.374 e. The van der Waals surface area contributed by atoms with Crippen molar-refractivity contribution in [2.75, 3.05) is 19.8 Å². The highest BCUT2D eigenvalue weighted by molar-refractivity contribution is 8.04. The SMILES string of the molecule is CCO[Si](CC[C@H](C)SC#N)(OCC)OCC. The Morgan fingerprint density at radius 2 is 1.59 bits per heavy atom. The molecule has 0 bridgehead atoms. The lowest BCUT2D eigenvalue weighted by atomic mass is 10.4. The predicted molar refractivity (Wildman–Crippen MR) is 72.7 cm³/mol. The van der Waals surface area contributed by atoms with E-state index in [2.05, 4.69) is 5.40 Å². The van der Waals surface area contributed by atoms with E-state index in [9.17, 15) is 0 Å². The van der Waals surface area contributed by atoms with Crippen LogP contribution in [-0.2, 0) is 13.3 Å². The molecular weight excluding hydrogens is 254 g/mol. The lowest BCUT2D eigenvalue weighted by Gasteiger charge is -2.29. The van der Waals surface area contributed by atoms with Gasteiger partial charge in [0.2, 0.25) is 0 Å². The van der Waals surface area contributed by atoms with Crippen LogP contribution in [0.25, 0.3) is 0 Å². The normalized spacial score (nSPS) is 13.4. The minimum atomic E-state index is -2.51. The standard InChI is InChI=1S/C11H23NO3SSi/c1-5-13-17(14-6-2,15-7-3)9-8-11(4)16-10-12/h11H,5-9H2,1-4H3/t11-/m0/s1. The van der Waals surface area contributed by atoms with Gasteiger partial charge >= 0.3 is 8.80 Å². The maximum absolute atomic E-state index is 8.61. The molecule has 0 radical (unpaired) electrons. The molecule has 0 spiro atoms. The Hall–Kier alpha value is -0.0631. The number of hydrogen-bond donors (Lipinski definition) is 0. The average molecular weight is 277 g/mol. The van der Waals surface area contributed by atoms with Crippen LogP contribution in [0.2, 0.25) is 6.04 Å². The Morgan fingerprint density at radius 3 is 1.94 bits per heavy atom. The van der Waals surface area contributed by atoms with Crippen molar-refractivity contribution in [2.24, 2.45) is 0 Å². The largest absolute Gasteiger partial charge is 0.500 e. The highest BCUT2D eigenvalue weighted by Gasteiger charge is 2.40. The molecular formula is C11H23NO3SSi. The van der Waals surface area contributed by atoms with Gasteiger partial charge in [0.1, 0.15) is 5.40 Å². The highest BCUT2D eigenvalue weighted by atomic mass is 32.2. The molecule has 4 nitrogen and oxygen atoms in total. The summed E-state index contributed by atoms with van der Waals surface area (Å²) in [6, 6.07) is 0.776. The van der Waals surface area contributed by atoms with E-state index in [-0.39, 0.29) is 5.25 Å². The number of rotatable bonds is 10. The summed E-state index contributed by atoms with van der Waals surface area (Å²) >= 11 is 1.29. The van der Waals surface area contributed by atoms with Crippen molar-refractivity contribution >= 4 is 20.6 Å². The molecule has 100 valence electrons. The number of thioether (sulfide) groups is 1. The van der Waals surface area contributed by atoms with E-state index in [4.69, 9.17) is 18.5 Å². The van der Waals surface area contributed by atoms with E-state index in [1.165, 1.54) is 11.8 Å². The predicted octanol–water partition coefficient (Wildman–Crippen LogP) is 3.03. The second kappa shape index (κ2) is 9.92. The van der Waals surface area contributed by atoms with Crippen molar-refractivity contribution < 1.29 is 13.3 Å². The zero-order valence-electron chi connectivity index (χ0n) is 11.2. The van der Waals surface area contributed by atoms with Gasteiger partial charge in [-0.15, -0.1) is 0 Å². The zero-order valence-corrected chi connectivity index (χ0v) is 13.0. The van der Waals surface area contributed by atoms with E-state index in [1.807, 2.05) is 27.7 Å². The molecule has 0 rings (SSSR count). The molecule has 0 unspecified atom stereocenters. The summed E-state index contributed by atoms with van der Waals surface area (Å²) in [5.41, 5.74) is 0. The minimum absolute atomic E-state index is 0.285. The van der Waals surface area contributed by atoms with Crippen molar-refractivity contribution in [1.29, 1.82) is 5.26 Å². The van der Waals surface area contributed by atoms with Crippen molar-refractivity contribution in [3.05, 3.63) is 0 Å². The second-order valence-corrected chi connectivity index (χ2v) is 7.50. The molecule has 1 atom stereocenters. The van der Waals surface area contributed by atoms with Crippen LogP contribution in [0, 0.1) is 10.7 Å². The molecule has 0 saturated heterocycles. The van der Waals surface area contributed by atoms with Crippen molar-refractivity contribution in [2.45, 2.75) is 45.4 Å². The molecule has 6 heteroatoms. The average Bonchev–Trinajstić information content (AvgIpc) is 2.28. The molecule has 0 aliphatic rings. The lowest BCUT2D eigenvalue weighted by molar-refractivity contribution is 0.0708. The van der Waals surface area contributed by atoms with Crippen LogP contribution in [0.3, 0.4) is 0 Å². The fraction of sp³-hybridized carbons (Fsp3) is 0.909. The molecule has 0 heterocycles. The Bertz CT molecular complexity index is 218. The third-order valence-electron chi connectivity index (χ3n) is 2.20. The first-order chi connectivity index (χ1) is 8.14. The molecule has 0 fully saturated rings. The summed E-state index contributed by atoms with van der Waals surface area (Å²) < 4.78 is 17.2. The number of thiocyanates is 1. The molecule has 0 aliphatic heterocycles. The fourth-order valence-corrected chi connectivity index (χ4v) is 4.94. The topological polar surface area (TPSA) is 51.5 Å². The summed E-state index contributed by atoms with van der Waals surface area (Å²) in [4.78, 5) is 0.